The standard InChI is InChI=1S/C16H15N3O/c1-12-11-14(8-10-18-12)19-16(20)15-7-3-2-5-13(15)6-4-9-17/h2-3,5,7-8,10-11H,9,17H2,1H3,(H,18,19,20). The number of nitrogens with zero attached hydrogens (tertiary/aromatic N) is 1. The first-order valence-electron chi connectivity index (χ1n) is 6.22. The van der Waals surface area contributed by atoms with E-state index in [2.05, 4.69) is 22.1 Å². The Morgan fingerprint density at radius 3 is 2.90 bits per heavy atom. The van der Waals surface area contributed by atoms with E-state index >= 15 is 0 Å². The number of nitrogens with two attached hydrogens (primary N) is 1. The highest BCUT2D eigenvalue weighted by atomic mass is 16.1. The molecule has 3 N–H and O–H groups in total. The highest BCUT2D eigenvalue weighted by Crippen LogP contribution is 2.12. The lowest BCUT2D eigenvalue weighted by atomic mass is 10.1. The number of aryl methyl sites for hydroxylation is 1. The molecule has 0 fully saturated rings. The average molecular weight is 265 g/mol. The highest BCUT2D eigenvalue weighted by molar-refractivity contribution is 6.05. The fraction of sp³-hybridized carbons (Fsp3) is 0.125. The van der Waals surface area contributed by atoms with Crippen molar-refractivity contribution < 1.29 is 4.79 Å². The third-order valence-corrected chi connectivity index (χ3v) is 2.65. The molecule has 1 amide bonds. The van der Waals surface area contributed by atoms with Gasteiger partial charge in [0.2, 0.25) is 0 Å². The van der Waals surface area contributed by atoms with Gasteiger partial charge in [-0.2, -0.15) is 0 Å². The number of anilines is 1. The van der Waals surface area contributed by atoms with Crippen LogP contribution in [0.2, 0.25) is 0 Å². The second-order valence-electron chi connectivity index (χ2n) is 4.19. The number of rotatable bonds is 2. The van der Waals surface area contributed by atoms with E-state index in [0.29, 0.717) is 16.8 Å². The maximum Gasteiger partial charge on any atom is 0.256 e. The third-order valence-electron chi connectivity index (χ3n) is 2.65. The van der Waals surface area contributed by atoms with E-state index in [1.165, 1.54) is 0 Å². The zero-order valence-corrected chi connectivity index (χ0v) is 11.2. The zero-order chi connectivity index (χ0) is 14.4. The minimum absolute atomic E-state index is 0.197. The van der Waals surface area contributed by atoms with Crippen LogP contribution in [0.15, 0.2) is 42.6 Å². The van der Waals surface area contributed by atoms with E-state index < -0.39 is 0 Å². The van der Waals surface area contributed by atoms with Crippen molar-refractivity contribution in [3.05, 3.63) is 59.4 Å². The SMILES string of the molecule is Cc1cc(NC(=O)c2ccccc2C#CCN)ccn1. The minimum Gasteiger partial charge on any atom is -0.322 e. The van der Waals surface area contributed by atoms with Gasteiger partial charge in [0.25, 0.3) is 5.91 Å². The van der Waals surface area contributed by atoms with Crippen LogP contribution in [0, 0.1) is 18.8 Å². The Balaban J connectivity index is 2.25. The van der Waals surface area contributed by atoms with Gasteiger partial charge in [-0.3, -0.25) is 9.78 Å². The van der Waals surface area contributed by atoms with Gasteiger partial charge >= 0.3 is 0 Å². The van der Waals surface area contributed by atoms with Crippen molar-refractivity contribution in [2.24, 2.45) is 5.73 Å². The lowest BCUT2D eigenvalue weighted by molar-refractivity contribution is 0.102. The summed E-state index contributed by atoms with van der Waals surface area (Å²) in [6.07, 6.45) is 1.66. The highest BCUT2D eigenvalue weighted by Gasteiger charge is 2.09. The van der Waals surface area contributed by atoms with Gasteiger partial charge in [0.05, 0.1) is 12.1 Å². The maximum absolute atomic E-state index is 12.3. The summed E-state index contributed by atoms with van der Waals surface area (Å²) >= 11 is 0. The molecule has 2 aromatic rings. The fourth-order valence-corrected chi connectivity index (χ4v) is 1.76. The minimum atomic E-state index is -0.197. The number of benzene rings is 1. The number of aromatic nitrogens is 1. The number of hydrogen-bond acceptors (Lipinski definition) is 3. The molecule has 1 aromatic heterocycles. The molecule has 0 aliphatic heterocycles. The van der Waals surface area contributed by atoms with E-state index in [4.69, 9.17) is 5.73 Å². The van der Waals surface area contributed by atoms with Gasteiger partial charge in [0, 0.05) is 23.1 Å². The molecule has 1 aromatic carbocycles. The first kappa shape index (κ1) is 13.8. The number of pyridine rings is 1. The molecule has 0 atom stereocenters. The summed E-state index contributed by atoms with van der Waals surface area (Å²) in [6.45, 7) is 2.13. The summed E-state index contributed by atoms with van der Waals surface area (Å²) in [5.41, 5.74) is 8.12. The lowest BCUT2D eigenvalue weighted by Gasteiger charge is -2.07. The molecule has 2 rings (SSSR count). The molecule has 1 heterocycles. The Morgan fingerprint density at radius 1 is 1.35 bits per heavy atom. The van der Waals surface area contributed by atoms with Crippen LogP contribution in [-0.2, 0) is 0 Å². The molecule has 4 heteroatoms. The Kier molecular flexibility index (Phi) is 4.48. The predicted octanol–water partition coefficient (Wildman–Crippen LogP) is 1.95. The van der Waals surface area contributed by atoms with Crippen LogP contribution in [0.1, 0.15) is 21.6 Å². The molecule has 0 saturated carbocycles. The Hall–Kier alpha value is -2.64. The van der Waals surface area contributed by atoms with Crippen LogP contribution >= 0.6 is 0 Å². The van der Waals surface area contributed by atoms with Gasteiger partial charge in [0.15, 0.2) is 0 Å². The summed E-state index contributed by atoms with van der Waals surface area (Å²) in [5.74, 6) is 5.47. The average Bonchev–Trinajstić information content (AvgIpc) is 2.45. The Labute approximate surface area is 118 Å². The van der Waals surface area contributed by atoms with E-state index in [9.17, 15) is 4.79 Å². The number of carbonyl (C=O) groups excluding carboxylic acids is 1. The molecular weight excluding hydrogens is 250 g/mol. The molecule has 0 bridgehead atoms. The molecule has 0 aliphatic rings. The summed E-state index contributed by atoms with van der Waals surface area (Å²) < 4.78 is 0. The molecule has 100 valence electrons. The van der Waals surface area contributed by atoms with E-state index in [0.717, 1.165) is 5.69 Å². The van der Waals surface area contributed by atoms with Crippen molar-refractivity contribution >= 4 is 11.6 Å². The quantitative estimate of drug-likeness (QED) is 0.815. The van der Waals surface area contributed by atoms with Crippen LogP contribution in [0.4, 0.5) is 5.69 Å². The summed E-state index contributed by atoms with van der Waals surface area (Å²) in [5, 5.41) is 2.84. The van der Waals surface area contributed by atoms with Crippen molar-refractivity contribution in [1.82, 2.24) is 4.98 Å². The molecule has 20 heavy (non-hydrogen) atoms. The zero-order valence-electron chi connectivity index (χ0n) is 11.2. The largest absolute Gasteiger partial charge is 0.322 e. The summed E-state index contributed by atoms with van der Waals surface area (Å²) in [4.78, 5) is 16.4. The smallest absolute Gasteiger partial charge is 0.256 e. The van der Waals surface area contributed by atoms with Crippen molar-refractivity contribution in [2.75, 3.05) is 11.9 Å². The number of carbonyl (C=O) groups is 1. The van der Waals surface area contributed by atoms with Gasteiger partial charge < -0.3 is 11.1 Å². The molecule has 0 radical (unpaired) electrons. The van der Waals surface area contributed by atoms with Crippen LogP contribution < -0.4 is 11.1 Å². The number of amides is 1. The normalized spacial score (nSPS) is 9.50. The van der Waals surface area contributed by atoms with Crippen molar-refractivity contribution in [2.45, 2.75) is 6.92 Å². The number of hydrogen-bond donors (Lipinski definition) is 2. The molecular formula is C16H15N3O. The second-order valence-corrected chi connectivity index (χ2v) is 4.19. The van der Waals surface area contributed by atoms with Gasteiger partial charge in [0.1, 0.15) is 0 Å². The van der Waals surface area contributed by atoms with E-state index in [1.54, 1.807) is 30.5 Å². The Bertz CT molecular complexity index is 683. The molecule has 0 spiro atoms. The van der Waals surface area contributed by atoms with Gasteiger partial charge in [-0.05, 0) is 31.2 Å². The van der Waals surface area contributed by atoms with Gasteiger partial charge in [-0.1, -0.05) is 24.0 Å². The van der Waals surface area contributed by atoms with E-state index in [-0.39, 0.29) is 12.5 Å². The summed E-state index contributed by atoms with van der Waals surface area (Å²) in [7, 11) is 0. The van der Waals surface area contributed by atoms with E-state index in [1.807, 2.05) is 19.1 Å². The Morgan fingerprint density at radius 2 is 2.15 bits per heavy atom. The van der Waals surface area contributed by atoms with Gasteiger partial charge in [-0.15, -0.1) is 0 Å². The van der Waals surface area contributed by atoms with Crippen molar-refractivity contribution in [1.29, 1.82) is 0 Å². The van der Waals surface area contributed by atoms with Crippen LogP contribution in [0.3, 0.4) is 0 Å². The van der Waals surface area contributed by atoms with Crippen LogP contribution in [0.5, 0.6) is 0 Å². The molecule has 0 saturated heterocycles. The molecule has 0 aliphatic carbocycles. The second kappa shape index (κ2) is 6.50. The van der Waals surface area contributed by atoms with Crippen molar-refractivity contribution in [3.63, 3.8) is 0 Å². The van der Waals surface area contributed by atoms with Gasteiger partial charge in [-0.25, -0.2) is 0 Å². The monoisotopic (exact) mass is 265 g/mol. The molecule has 4 nitrogen and oxygen atoms in total. The predicted molar refractivity (Wildman–Crippen MR) is 79.3 cm³/mol. The van der Waals surface area contributed by atoms with Crippen molar-refractivity contribution in [3.8, 4) is 11.8 Å². The summed E-state index contributed by atoms with van der Waals surface area (Å²) in [6, 6.07) is 10.7. The third kappa shape index (κ3) is 3.44. The van der Waals surface area contributed by atoms with Crippen LogP contribution in [0.25, 0.3) is 0 Å². The lowest BCUT2D eigenvalue weighted by Crippen LogP contribution is -2.13. The molecule has 0 unspecified atom stereocenters. The fourth-order valence-electron chi connectivity index (χ4n) is 1.76. The first-order valence-corrected chi connectivity index (χ1v) is 6.22. The number of nitrogens with one attached hydrogen (secondary N) is 1. The maximum atomic E-state index is 12.3. The van der Waals surface area contributed by atoms with Crippen LogP contribution in [-0.4, -0.2) is 17.4 Å². The first-order chi connectivity index (χ1) is 9.70. The topological polar surface area (TPSA) is 68.0 Å².